The van der Waals surface area contributed by atoms with E-state index in [2.05, 4.69) is 17.0 Å². The van der Waals surface area contributed by atoms with Gasteiger partial charge in [-0.05, 0) is 18.3 Å². The lowest BCUT2D eigenvalue weighted by atomic mass is 10.1. The Bertz CT molecular complexity index is 535. The summed E-state index contributed by atoms with van der Waals surface area (Å²) in [5, 5.41) is 3.71. The minimum Gasteiger partial charge on any atom is -0.465 e. The highest BCUT2D eigenvalue weighted by Gasteiger charge is 2.37. The number of methoxy groups -OCH3 is 1. The number of carbonyl (C=O) groups excluding carboxylic acids is 2. The summed E-state index contributed by atoms with van der Waals surface area (Å²) in [4.78, 5) is 23.2. The van der Waals surface area contributed by atoms with Crippen molar-refractivity contribution in [2.75, 3.05) is 24.7 Å². The minimum atomic E-state index is -0.646. The van der Waals surface area contributed by atoms with Gasteiger partial charge in [0.2, 0.25) is 0 Å². The van der Waals surface area contributed by atoms with Gasteiger partial charge in [-0.3, -0.25) is 4.79 Å². The molecule has 104 valence electrons. The number of thiophene rings is 1. The molecule has 1 aliphatic carbocycles. The van der Waals surface area contributed by atoms with Crippen LogP contribution < -0.4 is 16.8 Å². The topological polar surface area (TPSA) is 107 Å². The molecule has 7 heteroatoms. The van der Waals surface area contributed by atoms with Gasteiger partial charge in [0.25, 0.3) is 5.91 Å². The van der Waals surface area contributed by atoms with Crippen LogP contribution in [0, 0.1) is 5.41 Å². The van der Waals surface area contributed by atoms with Crippen LogP contribution in [-0.4, -0.2) is 25.5 Å². The Balaban J connectivity index is 2.29. The lowest BCUT2D eigenvalue weighted by Crippen LogP contribution is -2.17. The minimum absolute atomic E-state index is 0.0906. The van der Waals surface area contributed by atoms with Gasteiger partial charge in [0.05, 0.1) is 18.4 Å². The fourth-order valence-corrected chi connectivity index (χ4v) is 2.78. The smallest absolute Gasteiger partial charge is 0.350 e. The van der Waals surface area contributed by atoms with Crippen LogP contribution in [-0.2, 0) is 4.74 Å². The molecule has 0 aromatic carbocycles. The van der Waals surface area contributed by atoms with E-state index in [1.165, 1.54) is 7.11 Å². The molecule has 19 heavy (non-hydrogen) atoms. The van der Waals surface area contributed by atoms with Gasteiger partial charge >= 0.3 is 5.97 Å². The maximum atomic E-state index is 11.6. The summed E-state index contributed by atoms with van der Waals surface area (Å²) in [6.07, 6.45) is 2.30. The van der Waals surface area contributed by atoms with Crippen LogP contribution in [0.5, 0.6) is 0 Å². The van der Waals surface area contributed by atoms with Gasteiger partial charge in [0.15, 0.2) is 0 Å². The quantitative estimate of drug-likeness (QED) is 0.708. The normalized spacial score (nSPS) is 15.9. The van der Waals surface area contributed by atoms with E-state index in [4.69, 9.17) is 11.5 Å². The number of carbonyl (C=O) groups is 2. The number of hydrogen-bond acceptors (Lipinski definition) is 6. The average molecular weight is 283 g/mol. The van der Waals surface area contributed by atoms with Crippen molar-refractivity contribution in [1.82, 2.24) is 0 Å². The molecule has 6 nitrogen and oxygen atoms in total. The molecule has 0 saturated heterocycles. The van der Waals surface area contributed by atoms with Crippen molar-refractivity contribution in [2.45, 2.75) is 19.8 Å². The summed E-state index contributed by atoms with van der Waals surface area (Å²) in [5.41, 5.74) is 11.7. The summed E-state index contributed by atoms with van der Waals surface area (Å²) >= 11 is 1.10. The Labute approximate surface area is 115 Å². The van der Waals surface area contributed by atoms with Gasteiger partial charge in [-0.15, -0.1) is 11.3 Å². The molecule has 0 bridgehead atoms. The van der Waals surface area contributed by atoms with Crippen molar-refractivity contribution in [3.05, 3.63) is 10.4 Å². The summed E-state index contributed by atoms with van der Waals surface area (Å²) < 4.78 is 4.63. The summed E-state index contributed by atoms with van der Waals surface area (Å²) in [5.74, 6) is -1.21. The zero-order valence-corrected chi connectivity index (χ0v) is 11.7. The van der Waals surface area contributed by atoms with Crippen LogP contribution in [0.4, 0.5) is 10.7 Å². The van der Waals surface area contributed by atoms with E-state index in [-0.39, 0.29) is 21.5 Å². The average Bonchev–Trinajstić information content (AvgIpc) is 2.99. The first-order valence-corrected chi connectivity index (χ1v) is 6.74. The predicted molar refractivity (Wildman–Crippen MR) is 74.4 cm³/mol. The monoisotopic (exact) mass is 283 g/mol. The first kappa shape index (κ1) is 13.7. The number of hydrogen-bond donors (Lipinski definition) is 3. The third-order valence-electron chi connectivity index (χ3n) is 3.34. The molecule has 1 aliphatic rings. The molecule has 1 fully saturated rings. The molecule has 1 aromatic rings. The van der Waals surface area contributed by atoms with Crippen molar-refractivity contribution < 1.29 is 14.3 Å². The van der Waals surface area contributed by atoms with Gasteiger partial charge in [0.1, 0.15) is 9.88 Å². The molecule has 0 spiro atoms. The van der Waals surface area contributed by atoms with Crippen LogP contribution in [0.25, 0.3) is 0 Å². The summed E-state index contributed by atoms with van der Waals surface area (Å²) in [7, 11) is 1.27. The van der Waals surface area contributed by atoms with Crippen molar-refractivity contribution >= 4 is 33.9 Å². The van der Waals surface area contributed by atoms with E-state index in [1.807, 2.05) is 0 Å². The second-order valence-corrected chi connectivity index (χ2v) is 6.09. The summed E-state index contributed by atoms with van der Waals surface area (Å²) in [6, 6.07) is 0. The second kappa shape index (κ2) is 4.73. The van der Waals surface area contributed by atoms with Crippen LogP contribution in [0.3, 0.4) is 0 Å². The highest BCUT2D eigenvalue weighted by atomic mass is 32.1. The van der Waals surface area contributed by atoms with E-state index in [1.54, 1.807) is 0 Å². The number of nitrogens with one attached hydrogen (secondary N) is 1. The third-order valence-corrected chi connectivity index (χ3v) is 4.48. The number of nitrogens with two attached hydrogens (primary N) is 2. The molecule has 1 saturated carbocycles. The third kappa shape index (κ3) is 2.65. The van der Waals surface area contributed by atoms with Crippen LogP contribution in [0.2, 0.25) is 0 Å². The first-order chi connectivity index (χ1) is 8.88. The molecule has 1 heterocycles. The molecule has 2 rings (SSSR count). The predicted octanol–water partition coefficient (Wildman–Crippen LogP) is 1.43. The molecule has 0 radical (unpaired) electrons. The maximum Gasteiger partial charge on any atom is 0.350 e. The SMILES string of the molecule is COC(=O)c1sc(NCC2(C)CC2)c(C(N)=O)c1N. The Morgan fingerprint density at radius 1 is 1.47 bits per heavy atom. The molecular weight excluding hydrogens is 266 g/mol. The Kier molecular flexibility index (Phi) is 3.40. The van der Waals surface area contributed by atoms with E-state index in [9.17, 15) is 9.59 Å². The molecule has 1 aromatic heterocycles. The first-order valence-electron chi connectivity index (χ1n) is 5.92. The molecule has 0 aliphatic heterocycles. The molecule has 0 atom stereocenters. The van der Waals surface area contributed by atoms with Crippen LogP contribution in [0.1, 0.15) is 39.8 Å². The second-order valence-electron chi connectivity index (χ2n) is 5.07. The number of nitrogen functional groups attached to an aromatic ring is 1. The van der Waals surface area contributed by atoms with E-state index < -0.39 is 11.9 Å². The van der Waals surface area contributed by atoms with Gasteiger partial charge in [0, 0.05) is 6.54 Å². The molecular formula is C12H17N3O3S. The summed E-state index contributed by atoms with van der Waals surface area (Å²) in [6.45, 7) is 2.88. The standard InChI is InChI=1S/C12H17N3O3S/c1-12(3-4-12)5-15-10-6(9(14)16)7(13)8(19-10)11(17)18-2/h15H,3-5,13H2,1-2H3,(H2,14,16). The van der Waals surface area contributed by atoms with Gasteiger partial charge in [-0.1, -0.05) is 6.92 Å². The molecule has 0 unspecified atom stereocenters. The number of anilines is 2. The highest BCUT2D eigenvalue weighted by Crippen LogP contribution is 2.46. The van der Waals surface area contributed by atoms with E-state index >= 15 is 0 Å². The van der Waals surface area contributed by atoms with Crippen molar-refractivity contribution in [3.8, 4) is 0 Å². The number of primary amides is 1. The molecule has 5 N–H and O–H groups in total. The fourth-order valence-electron chi connectivity index (χ4n) is 1.74. The Morgan fingerprint density at radius 2 is 2.11 bits per heavy atom. The maximum absolute atomic E-state index is 11.6. The van der Waals surface area contributed by atoms with E-state index in [0.29, 0.717) is 5.00 Å². The van der Waals surface area contributed by atoms with Crippen molar-refractivity contribution in [2.24, 2.45) is 11.1 Å². The van der Waals surface area contributed by atoms with Gasteiger partial charge in [-0.25, -0.2) is 4.79 Å². The number of amides is 1. The van der Waals surface area contributed by atoms with Gasteiger partial charge < -0.3 is 21.5 Å². The van der Waals surface area contributed by atoms with E-state index in [0.717, 1.165) is 30.7 Å². The lowest BCUT2D eigenvalue weighted by molar-refractivity contribution is 0.0607. The Morgan fingerprint density at radius 3 is 2.58 bits per heavy atom. The number of ether oxygens (including phenoxy) is 1. The zero-order chi connectivity index (χ0) is 14.2. The van der Waals surface area contributed by atoms with Crippen LogP contribution >= 0.6 is 11.3 Å². The number of esters is 1. The molecule has 1 amide bonds. The van der Waals surface area contributed by atoms with Crippen molar-refractivity contribution in [3.63, 3.8) is 0 Å². The van der Waals surface area contributed by atoms with Gasteiger partial charge in [-0.2, -0.15) is 0 Å². The lowest BCUT2D eigenvalue weighted by Gasteiger charge is -2.10. The fraction of sp³-hybridized carbons (Fsp3) is 0.500. The van der Waals surface area contributed by atoms with Crippen molar-refractivity contribution in [1.29, 1.82) is 0 Å². The van der Waals surface area contributed by atoms with Crippen LogP contribution in [0.15, 0.2) is 0 Å². The zero-order valence-electron chi connectivity index (χ0n) is 10.9. The largest absolute Gasteiger partial charge is 0.465 e. The number of rotatable bonds is 5. The highest BCUT2D eigenvalue weighted by molar-refractivity contribution is 7.19. The Hall–Kier alpha value is -1.76.